The van der Waals surface area contributed by atoms with Gasteiger partial charge < -0.3 is 14.6 Å². The zero-order chi connectivity index (χ0) is 40.0. The van der Waals surface area contributed by atoms with Gasteiger partial charge in [0.2, 0.25) is 0 Å². The highest BCUT2D eigenvalue weighted by atomic mass is 16.6. The summed E-state index contributed by atoms with van der Waals surface area (Å²) in [5.74, 6) is -0.648. The summed E-state index contributed by atoms with van der Waals surface area (Å²) in [6, 6.07) is 0. The van der Waals surface area contributed by atoms with Crippen LogP contribution in [0.5, 0.6) is 0 Å². The molecule has 0 amide bonds. The number of carbonyl (C=O) groups is 2. The van der Waals surface area contributed by atoms with E-state index in [1.54, 1.807) is 0 Å². The Labute approximate surface area is 341 Å². The Kier molecular flexibility index (Phi) is 44.4. The van der Waals surface area contributed by atoms with Crippen LogP contribution >= 0.6 is 0 Å². The zero-order valence-electron chi connectivity index (χ0n) is 36.4. The van der Waals surface area contributed by atoms with Gasteiger partial charge in [-0.25, -0.2) is 0 Å². The first kappa shape index (κ1) is 52.9. The predicted molar refractivity (Wildman–Crippen MR) is 237 cm³/mol. The second-order valence-electron chi connectivity index (χ2n) is 15.8. The number of hydrogen-bond acceptors (Lipinski definition) is 5. The highest BCUT2D eigenvalue weighted by Gasteiger charge is 2.16. The fourth-order valence-corrected chi connectivity index (χ4v) is 6.78. The molecule has 0 aliphatic heterocycles. The van der Waals surface area contributed by atoms with Gasteiger partial charge in [-0.3, -0.25) is 9.59 Å². The van der Waals surface area contributed by atoms with Gasteiger partial charge in [-0.05, 0) is 51.4 Å². The molecule has 1 atom stereocenters. The highest BCUT2D eigenvalue weighted by molar-refractivity contribution is 5.70. The largest absolute Gasteiger partial charge is 0.462 e. The lowest BCUT2D eigenvalue weighted by molar-refractivity contribution is -0.161. The molecule has 0 radical (unpaired) electrons. The van der Waals surface area contributed by atoms with Crippen molar-refractivity contribution in [3.8, 4) is 0 Å². The smallest absolute Gasteiger partial charge is 0.306 e. The minimum absolute atomic E-state index is 0.0856. The molecule has 0 aromatic carbocycles. The van der Waals surface area contributed by atoms with Crippen LogP contribution in [0.25, 0.3) is 0 Å². The number of aliphatic hydroxyl groups is 1. The van der Waals surface area contributed by atoms with E-state index in [-0.39, 0.29) is 31.6 Å². The minimum Gasteiger partial charge on any atom is -0.462 e. The van der Waals surface area contributed by atoms with E-state index in [4.69, 9.17) is 9.47 Å². The number of hydrogen-bond donors (Lipinski definition) is 1. The normalized spacial score (nSPS) is 12.6. The first-order valence-corrected chi connectivity index (χ1v) is 23.7. The molecule has 5 heteroatoms. The summed E-state index contributed by atoms with van der Waals surface area (Å²) in [7, 11) is 0. The average molecular weight is 771 g/mol. The van der Waals surface area contributed by atoms with E-state index in [2.05, 4.69) is 62.5 Å². The lowest BCUT2D eigenvalue weighted by Crippen LogP contribution is -2.28. The molecular formula is C50H90O5. The van der Waals surface area contributed by atoms with Gasteiger partial charge in [-0.1, -0.05) is 223 Å². The van der Waals surface area contributed by atoms with E-state index >= 15 is 0 Å². The quantitative estimate of drug-likeness (QED) is 0.0380. The fraction of sp³-hybridized carbons (Fsp3) is 0.800. The Morgan fingerprint density at radius 2 is 0.745 bits per heavy atom. The number of aliphatic hydroxyl groups excluding tert-OH is 1. The molecule has 5 nitrogen and oxygen atoms in total. The molecule has 0 aliphatic rings. The molecule has 0 saturated carbocycles. The summed E-state index contributed by atoms with van der Waals surface area (Å²) in [6.07, 6.45) is 59.1. The molecule has 0 aromatic heterocycles. The lowest BCUT2D eigenvalue weighted by Gasteiger charge is -2.15. The molecule has 0 bridgehead atoms. The summed E-state index contributed by atoms with van der Waals surface area (Å²) in [4.78, 5) is 24.4. The summed E-state index contributed by atoms with van der Waals surface area (Å²) < 4.78 is 10.6. The van der Waals surface area contributed by atoms with Crippen molar-refractivity contribution in [1.29, 1.82) is 0 Å². The zero-order valence-corrected chi connectivity index (χ0v) is 36.4. The summed E-state index contributed by atoms with van der Waals surface area (Å²) >= 11 is 0. The van der Waals surface area contributed by atoms with E-state index in [1.165, 1.54) is 161 Å². The van der Waals surface area contributed by atoms with Gasteiger partial charge in [-0.2, -0.15) is 0 Å². The second-order valence-corrected chi connectivity index (χ2v) is 15.8. The van der Waals surface area contributed by atoms with Crippen molar-refractivity contribution in [2.24, 2.45) is 0 Å². The van der Waals surface area contributed by atoms with Gasteiger partial charge in [0.05, 0.1) is 6.61 Å². The topological polar surface area (TPSA) is 72.8 Å². The van der Waals surface area contributed by atoms with E-state index in [1.807, 2.05) is 0 Å². The third kappa shape index (κ3) is 44.4. The molecule has 0 aliphatic carbocycles. The van der Waals surface area contributed by atoms with Gasteiger partial charge in [-0.15, -0.1) is 0 Å². The Morgan fingerprint density at radius 3 is 1.15 bits per heavy atom. The number of rotatable bonds is 43. The second kappa shape index (κ2) is 46.2. The van der Waals surface area contributed by atoms with Crippen LogP contribution in [-0.4, -0.2) is 36.4 Å². The van der Waals surface area contributed by atoms with Gasteiger partial charge in [0, 0.05) is 12.8 Å². The van der Waals surface area contributed by atoms with E-state index in [0.717, 1.165) is 44.9 Å². The monoisotopic (exact) mass is 771 g/mol. The summed E-state index contributed by atoms with van der Waals surface area (Å²) in [5.41, 5.74) is 0. The number of ether oxygens (including phenoxy) is 2. The first-order chi connectivity index (χ1) is 27.1. The van der Waals surface area contributed by atoms with Crippen molar-refractivity contribution >= 4 is 11.9 Å². The van der Waals surface area contributed by atoms with Crippen LogP contribution in [0.3, 0.4) is 0 Å². The van der Waals surface area contributed by atoms with Gasteiger partial charge in [0.1, 0.15) is 6.61 Å². The number of unbranched alkanes of at least 4 members (excludes halogenated alkanes) is 27. The molecule has 55 heavy (non-hydrogen) atoms. The van der Waals surface area contributed by atoms with Crippen LogP contribution in [-0.2, 0) is 19.1 Å². The Bertz CT molecular complexity index is 919. The fourth-order valence-electron chi connectivity index (χ4n) is 6.78. The standard InChI is InChI=1S/C50H90O5/c1-3-5-7-9-11-13-15-17-19-21-23-25-27-29-31-33-35-37-39-41-43-45-50(53)55-48(46-51)47-54-49(52)44-42-40-38-36-34-32-30-28-26-24-22-20-18-16-14-12-10-8-6-4-2/h19,21,25,27,31,33,37,39,48,51H,3-18,20,22-24,26,28-30,32,34-36,38,40-47H2,1-2H3/b21-19+,27-25+,33-31+,39-37+/t48-/m0/s1. The molecule has 0 fully saturated rings. The van der Waals surface area contributed by atoms with Crippen LogP contribution in [0.4, 0.5) is 0 Å². The van der Waals surface area contributed by atoms with Crippen LogP contribution in [0, 0.1) is 0 Å². The number of allylic oxidation sites excluding steroid dienone is 8. The molecule has 0 saturated heterocycles. The van der Waals surface area contributed by atoms with Crippen molar-refractivity contribution in [2.75, 3.05) is 13.2 Å². The molecule has 0 heterocycles. The average Bonchev–Trinajstić information content (AvgIpc) is 3.19. The maximum atomic E-state index is 12.2. The van der Waals surface area contributed by atoms with E-state index in [9.17, 15) is 14.7 Å². The molecule has 0 aromatic rings. The summed E-state index contributed by atoms with van der Waals surface area (Å²) in [6.45, 7) is 4.11. The predicted octanol–water partition coefficient (Wildman–Crippen LogP) is 15.4. The van der Waals surface area contributed by atoms with Crippen molar-refractivity contribution < 1.29 is 24.2 Å². The molecule has 0 rings (SSSR count). The van der Waals surface area contributed by atoms with Crippen molar-refractivity contribution in [2.45, 2.75) is 245 Å². The SMILES string of the molecule is CCCCCCCCC/C=C/C/C=C/C/C=C/C/C=C/CCCC(=O)O[C@@H](CO)COC(=O)CCCCCCCCCCCCCCCCCCCCCC. The maximum absolute atomic E-state index is 12.2. The van der Waals surface area contributed by atoms with Crippen LogP contribution in [0.2, 0.25) is 0 Å². The third-order valence-corrected chi connectivity index (χ3v) is 10.4. The van der Waals surface area contributed by atoms with Gasteiger partial charge >= 0.3 is 11.9 Å². The van der Waals surface area contributed by atoms with Crippen LogP contribution in [0.1, 0.15) is 239 Å². The number of esters is 2. The van der Waals surface area contributed by atoms with E-state index in [0.29, 0.717) is 12.8 Å². The third-order valence-electron chi connectivity index (χ3n) is 10.4. The van der Waals surface area contributed by atoms with Crippen molar-refractivity contribution in [3.05, 3.63) is 48.6 Å². The highest BCUT2D eigenvalue weighted by Crippen LogP contribution is 2.15. The molecule has 0 spiro atoms. The van der Waals surface area contributed by atoms with E-state index < -0.39 is 6.10 Å². The molecule has 320 valence electrons. The van der Waals surface area contributed by atoms with Crippen molar-refractivity contribution in [3.63, 3.8) is 0 Å². The van der Waals surface area contributed by atoms with Gasteiger partial charge in [0.15, 0.2) is 6.10 Å². The Balaban J connectivity index is 3.59. The minimum atomic E-state index is -0.799. The Morgan fingerprint density at radius 1 is 0.418 bits per heavy atom. The number of carbonyl (C=O) groups excluding carboxylic acids is 2. The maximum Gasteiger partial charge on any atom is 0.306 e. The van der Waals surface area contributed by atoms with Crippen LogP contribution in [0.15, 0.2) is 48.6 Å². The van der Waals surface area contributed by atoms with Gasteiger partial charge in [0.25, 0.3) is 0 Å². The first-order valence-electron chi connectivity index (χ1n) is 23.7. The Hall–Kier alpha value is -2.14. The molecule has 0 unspecified atom stereocenters. The molecular weight excluding hydrogens is 681 g/mol. The summed E-state index contributed by atoms with van der Waals surface area (Å²) in [5, 5.41) is 9.59. The van der Waals surface area contributed by atoms with Crippen LogP contribution < -0.4 is 0 Å². The molecule has 1 N–H and O–H groups in total. The lowest BCUT2D eigenvalue weighted by atomic mass is 10.0. The van der Waals surface area contributed by atoms with Crippen molar-refractivity contribution in [1.82, 2.24) is 0 Å².